The SMILES string of the molecule is COCC(O)(Cc1cnn(C)c1)C(C)C. The van der Waals surface area contributed by atoms with Gasteiger partial charge in [-0.25, -0.2) is 0 Å². The number of aryl methyl sites for hydroxylation is 1. The first-order chi connectivity index (χ1) is 6.98. The van der Waals surface area contributed by atoms with Gasteiger partial charge in [0.15, 0.2) is 0 Å². The van der Waals surface area contributed by atoms with Crippen LogP contribution in [-0.4, -0.2) is 34.2 Å². The number of aliphatic hydroxyl groups is 1. The van der Waals surface area contributed by atoms with Gasteiger partial charge in [0.2, 0.25) is 0 Å². The van der Waals surface area contributed by atoms with Crippen LogP contribution in [0.3, 0.4) is 0 Å². The average Bonchev–Trinajstić information content (AvgIpc) is 2.51. The van der Waals surface area contributed by atoms with Crippen LogP contribution in [0.1, 0.15) is 19.4 Å². The van der Waals surface area contributed by atoms with Gasteiger partial charge in [0.25, 0.3) is 0 Å². The molecule has 0 amide bonds. The number of aromatic nitrogens is 2. The van der Waals surface area contributed by atoms with Crippen LogP contribution >= 0.6 is 0 Å². The lowest BCUT2D eigenvalue weighted by molar-refractivity contribution is -0.0637. The Morgan fingerprint density at radius 3 is 2.67 bits per heavy atom. The van der Waals surface area contributed by atoms with Crippen LogP contribution in [-0.2, 0) is 18.2 Å². The quantitative estimate of drug-likeness (QED) is 0.792. The van der Waals surface area contributed by atoms with Crippen molar-refractivity contribution in [2.45, 2.75) is 25.9 Å². The lowest BCUT2D eigenvalue weighted by Crippen LogP contribution is -2.42. The molecule has 1 atom stereocenters. The summed E-state index contributed by atoms with van der Waals surface area (Å²) >= 11 is 0. The second-order valence-electron chi connectivity index (χ2n) is 4.39. The van der Waals surface area contributed by atoms with Crippen LogP contribution < -0.4 is 0 Å². The molecule has 0 bridgehead atoms. The van der Waals surface area contributed by atoms with E-state index in [2.05, 4.69) is 5.10 Å². The molecule has 4 nitrogen and oxygen atoms in total. The summed E-state index contributed by atoms with van der Waals surface area (Å²) in [5.41, 5.74) is 0.225. The Kier molecular flexibility index (Phi) is 3.88. The van der Waals surface area contributed by atoms with Gasteiger partial charge in [0.05, 0.1) is 18.4 Å². The van der Waals surface area contributed by atoms with Gasteiger partial charge in [-0.05, 0) is 11.5 Å². The van der Waals surface area contributed by atoms with Gasteiger partial charge in [-0.1, -0.05) is 13.8 Å². The standard InChI is InChI=1S/C11H20N2O2/c1-9(2)11(14,8-15-4)5-10-6-12-13(3)7-10/h6-7,9,14H,5,8H2,1-4H3. The molecule has 86 valence electrons. The van der Waals surface area contributed by atoms with Crippen LogP contribution in [0.4, 0.5) is 0 Å². The molecule has 1 N–H and O–H groups in total. The Morgan fingerprint density at radius 1 is 1.60 bits per heavy atom. The zero-order valence-corrected chi connectivity index (χ0v) is 9.90. The Morgan fingerprint density at radius 2 is 2.27 bits per heavy atom. The molecule has 4 heteroatoms. The molecule has 0 saturated carbocycles. The summed E-state index contributed by atoms with van der Waals surface area (Å²) in [6.07, 6.45) is 4.28. The minimum Gasteiger partial charge on any atom is -0.387 e. The maximum Gasteiger partial charge on any atom is 0.0943 e. The molecule has 0 aromatic carbocycles. The summed E-state index contributed by atoms with van der Waals surface area (Å²) in [6, 6.07) is 0. The van der Waals surface area contributed by atoms with Crippen LogP contribution in [0.2, 0.25) is 0 Å². The maximum absolute atomic E-state index is 10.4. The number of ether oxygens (including phenoxy) is 1. The van der Waals surface area contributed by atoms with E-state index in [1.165, 1.54) is 0 Å². The van der Waals surface area contributed by atoms with Crippen molar-refractivity contribution in [3.8, 4) is 0 Å². The lowest BCUT2D eigenvalue weighted by atomic mass is 9.86. The molecule has 0 radical (unpaired) electrons. The molecule has 0 spiro atoms. The van der Waals surface area contributed by atoms with Gasteiger partial charge in [-0.2, -0.15) is 5.10 Å². The van der Waals surface area contributed by atoms with Gasteiger partial charge >= 0.3 is 0 Å². The number of hydrogen-bond donors (Lipinski definition) is 1. The van der Waals surface area contributed by atoms with Gasteiger partial charge in [0.1, 0.15) is 0 Å². The van der Waals surface area contributed by atoms with E-state index >= 15 is 0 Å². The Balaban J connectivity index is 2.74. The Hall–Kier alpha value is -0.870. The monoisotopic (exact) mass is 212 g/mol. The molecular formula is C11H20N2O2. The van der Waals surface area contributed by atoms with Crippen molar-refractivity contribution < 1.29 is 9.84 Å². The van der Waals surface area contributed by atoms with E-state index in [0.29, 0.717) is 13.0 Å². The molecular weight excluding hydrogens is 192 g/mol. The first-order valence-electron chi connectivity index (χ1n) is 5.17. The molecule has 1 rings (SSSR count). The van der Waals surface area contributed by atoms with Gasteiger partial charge in [-0.3, -0.25) is 4.68 Å². The minimum atomic E-state index is -0.808. The predicted molar refractivity (Wildman–Crippen MR) is 58.6 cm³/mol. The minimum absolute atomic E-state index is 0.151. The number of nitrogens with zero attached hydrogens (tertiary/aromatic N) is 2. The topological polar surface area (TPSA) is 47.3 Å². The fourth-order valence-corrected chi connectivity index (χ4v) is 1.59. The Bertz CT molecular complexity index is 309. The number of rotatable bonds is 5. The molecule has 0 fully saturated rings. The summed E-state index contributed by atoms with van der Waals surface area (Å²) in [4.78, 5) is 0. The molecule has 0 aliphatic rings. The first-order valence-corrected chi connectivity index (χ1v) is 5.17. The molecule has 1 aromatic rings. The smallest absolute Gasteiger partial charge is 0.0943 e. The predicted octanol–water partition coefficient (Wildman–Crippen LogP) is 0.996. The Labute approximate surface area is 90.9 Å². The van der Waals surface area contributed by atoms with Crippen molar-refractivity contribution in [1.29, 1.82) is 0 Å². The van der Waals surface area contributed by atoms with E-state index in [4.69, 9.17) is 4.74 Å². The van der Waals surface area contributed by atoms with E-state index in [0.717, 1.165) is 5.56 Å². The van der Waals surface area contributed by atoms with Crippen molar-refractivity contribution in [3.63, 3.8) is 0 Å². The second-order valence-corrected chi connectivity index (χ2v) is 4.39. The summed E-state index contributed by atoms with van der Waals surface area (Å²) < 4.78 is 6.81. The van der Waals surface area contributed by atoms with E-state index in [1.807, 2.05) is 27.1 Å². The molecule has 0 aliphatic carbocycles. The van der Waals surface area contributed by atoms with Crippen molar-refractivity contribution >= 4 is 0 Å². The van der Waals surface area contributed by atoms with E-state index in [-0.39, 0.29) is 5.92 Å². The van der Waals surface area contributed by atoms with Crippen LogP contribution in [0.15, 0.2) is 12.4 Å². The molecule has 1 heterocycles. The molecule has 0 saturated heterocycles. The highest BCUT2D eigenvalue weighted by molar-refractivity contribution is 5.09. The highest BCUT2D eigenvalue weighted by Gasteiger charge is 2.31. The lowest BCUT2D eigenvalue weighted by Gasteiger charge is -2.31. The third kappa shape index (κ3) is 3.04. The number of methoxy groups -OCH3 is 1. The van der Waals surface area contributed by atoms with Crippen LogP contribution in [0.5, 0.6) is 0 Å². The third-order valence-corrected chi connectivity index (χ3v) is 2.74. The molecule has 1 unspecified atom stereocenters. The van der Waals surface area contributed by atoms with Gasteiger partial charge in [-0.15, -0.1) is 0 Å². The van der Waals surface area contributed by atoms with E-state index in [9.17, 15) is 5.11 Å². The highest BCUT2D eigenvalue weighted by Crippen LogP contribution is 2.22. The van der Waals surface area contributed by atoms with Crippen molar-refractivity contribution in [2.24, 2.45) is 13.0 Å². The van der Waals surface area contributed by atoms with Crippen LogP contribution in [0.25, 0.3) is 0 Å². The van der Waals surface area contributed by atoms with Crippen molar-refractivity contribution in [1.82, 2.24) is 9.78 Å². The molecule has 15 heavy (non-hydrogen) atoms. The zero-order chi connectivity index (χ0) is 11.5. The molecule has 1 aromatic heterocycles. The largest absolute Gasteiger partial charge is 0.387 e. The maximum atomic E-state index is 10.4. The highest BCUT2D eigenvalue weighted by atomic mass is 16.5. The van der Waals surface area contributed by atoms with E-state index < -0.39 is 5.60 Å². The van der Waals surface area contributed by atoms with Gasteiger partial charge in [0, 0.05) is 26.8 Å². The molecule has 0 aliphatic heterocycles. The summed E-state index contributed by atoms with van der Waals surface area (Å²) in [6.45, 7) is 4.34. The summed E-state index contributed by atoms with van der Waals surface area (Å²) in [5, 5.41) is 14.5. The fourth-order valence-electron chi connectivity index (χ4n) is 1.59. The zero-order valence-electron chi connectivity index (χ0n) is 9.90. The number of hydrogen-bond acceptors (Lipinski definition) is 3. The van der Waals surface area contributed by atoms with Crippen molar-refractivity contribution in [3.05, 3.63) is 18.0 Å². The van der Waals surface area contributed by atoms with E-state index in [1.54, 1.807) is 18.0 Å². The second kappa shape index (κ2) is 4.77. The van der Waals surface area contributed by atoms with Crippen molar-refractivity contribution in [2.75, 3.05) is 13.7 Å². The summed E-state index contributed by atoms with van der Waals surface area (Å²) in [7, 11) is 3.48. The normalized spacial score (nSPS) is 15.6. The first kappa shape index (κ1) is 12.2. The van der Waals surface area contributed by atoms with Crippen LogP contribution in [0, 0.1) is 5.92 Å². The summed E-state index contributed by atoms with van der Waals surface area (Å²) in [5.74, 6) is 0.151. The average molecular weight is 212 g/mol. The van der Waals surface area contributed by atoms with Gasteiger partial charge < -0.3 is 9.84 Å². The third-order valence-electron chi connectivity index (χ3n) is 2.74. The fraction of sp³-hybridized carbons (Fsp3) is 0.727.